The molecule has 1 amide bonds. The van der Waals surface area contributed by atoms with Crippen molar-refractivity contribution < 1.29 is 19.1 Å². The van der Waals surface area contributed by atoms with Crippen molar-refractivity contribution >= 4 is 23.0 Å². The number of rotatable bonds is 7. The highest BCUT2D eigenvalue weighted by molar-refractivity contribution is 7.14. The van der Waals surface area contributed by atoms with Crippen molar-refractivity contribution in [1.29, 1.82) is 0 Å². The largest absolute Gasteiger partial charge is 0.483 e. The smallest absolute Gasteiger partial charge is 0.257 e. The summed E-state index contributed by atoms with van der Waals surface area (Å²) >= 11 is 1.47. The predicted octanol–water partition coefficient (Wildman–Crippen LogP) is 3.40. The lowest BCUT2D eigenvalue weighted by atomic mass is 10.0. The molecule has 2 aromatic rings. The van der Waals surface area contributed by atoms with Gasteiger partial charge in [0.15, 0.2) is 23.9 Å². The van der Waals surface area contributed by atoms with Crippen molar-refractivity contribution in [2.75, 3.05) is 13.2 Å². The van der Waals surface area contributed by atoms with Crippen LogP contribution in [-0.2, 0) is 17.6 Å². The Kier molecular flexibility index (Phi) is 5.32. The zero-order valence-electron chi connectivity index (χ0n) is 15.3. The molecular weight excluding hydrogens is 350 g/mol. The Morgan fingerprint density at radius 3 is 2.81 bits per heavy atom. The number of hydrogen-bond acceptors (Lipinski definition) is 5. The zero-order chi connectivity index (χ0) is 18.7. The summed E-state index contributed by atoms with van der Waals surface area (Å²) in [7, 11) is 0. The molecule has 0 atom stereocenters. The number of Topliss-reactive ketones (excluding diaryl/α,β-unsaturated/α-hetero) is 1. The fourth-order valence-corrected chi connectivity index (χ4v) is 3.82. The number of benzene rings is 1. The Labute approximate surface area is 157 Å². The van der Waals surface area contributed by atoms with Gasteiger partial charge in [-0.25, -0.2) is 0 Å². The van der Waals surface area contributed by atoms with Gasteiger partial charge in [0.2, 0.25) is 0 Å². The van der Waals surface area contributed by atoms with Crippen LogP contribution in [0.1, 0.15) is 40.9 Å². The Hall–Kier alpha value is -2.34. The van der Waals surface area contributed by atoms with E-state index in [0.717, 1.165) is 27.5 Å². The molecule has 0 unspecified atom stereocenters. The molecular formula is C20H23NO4S. The summed E-state index contributed by atoms with van der Waals surface area (Å²) in [6, 6.07) is 9.51. The number of carbonyl (C=O) groups is 2. The Balaban J connectivity index is 1.46. The minimum atomic E-state index is -0.247. The highest BCUT2D eigenvalue weighted by Crippen LogP contribution is 2.41. The van der Waals surface area contributed by atoms with Crippen LogP contribution in [0.4, 0.5) is 0 Å². The van der Waals surface area contributed by atoms with Gasteiger partial charge in [0.25, 0.3) is 5.91 Å². The quantitative estimate of drug-likeness (QED) is 0.756. The second kappa shape index (κ2) is 7.50. The summed E-state index contributed by atoms with van der Waals surface area (Å²) in [5, 5.41) is 2.84. The number of hydrogen-bond donors (Lipinski definition) is 1. The molecule has 0 saturated heterocycles. The monoisotopic (exact) mass is 373 g/mol. The molecule has 0 fully saturated rings. The van der Waals surface area contributed by atoms with Crippen LogP contribution in [0.3, 0.4) is 0 Å². The fourth-order valence-electron chi connectivity index (χ4n) is 2.92. The molecule has 1 aromatic carbocycles. The first-order chi connectivity index (χ1) is 12.3. The van der Waals surface area contributed by atoms with E-state index in [0.29, 0.717) is 18.7 Å². The second-order valence-electron chi connectivity index (χ2n) is 6.99. The SMILES string of the molecule is CC(=O)c1ccc(CCNC(=O)COc2cccc3c2OC(C)(C)C3)s1. The molecule has 0 spiro atoms. The van der Waals surface area contributed by atoms with Gasteiger partial charge in [0.1, 0.15) is 5.60 Å². The van der Waals surface area contributed by atoms with Crippen molar-refractivity contribution in [3.05, 3.63) is 45.6 Å². The van der Waals surface area contributed by atoms with Crippen LogP contribution < -0.4 is 14.8 Å². The van der Waals surface area contributed by atoms with Gasteiger partial charge >= 0.3 is 0 Å². The topological polar surface area (TPSA) is 64.6 Å². The minimum absolute atomic E-state index is 0.0522. The number of ether oxygens (including phenoxy) is 2. The number of nitrogens with one attached hydrogen (secondary N) is 1. The fraction of sp³-hybridized carbons (Fsp3) is 0.400. The van der Waals surface area contributed by atoms with Gasteiger partial charge in [-0.05, 0) is 45.4 Å². The van der Waals surface area contributed by atoms with E-state index in [1.165, 1.54) is 11.3 Å². The molecule has 1 aromatic heterocycles. The Morgan fingerprint density at radius 2 is 2.08 bits per heavy atom. The van der Waals surface area contributed by atoms with Crippen molar-refractivity contribution in [2.45, 2.75) is 39.2 Å². The average Bonchev–Trinajstić information content (AvgIpc) is 3.15. The standard InChI is InChI=1S/C20H23NO4S/c1-13(22)17-8-7-15(26-17)9-10-21-18(23)12-24-16-6-4-5-14-11-20(2,3)25-19(14)16/h4-8H,9-12H2,1-3H3,(H,21,23). The summed E-state index contributed by atoms with van der Waals surface area (Å²) in [5.74, 6) is 1.23. The molecule has 0 radical (unpaired) electrons. The molecule has 2 heterocycles. The molecule has 26 heavy (non-hydrogen) atoms. The van der Waals surface area contributed by atoms with Crippen LogP contribution in [-0.4, -0.2) is 30.4 Å². The lowest BCUT2D eigenvalue weighted by molar-refractivity contribution is -0.123. The van der Waals surface area contributed by atoms with Gasteiger partial charge in [0.05, 0.1) is 4.88 Å². The van der Waals surface area contributed by atoms with Crippen molar-refractivity contribution in [3.63, 3.8) is 0 Å². The molecule has 1 aliphatic rings. The van der Waals surface area contributed by atoms with Crippen LogP contribution in [0.5, 0.6) is 11.5 Å². The van der Waals surface area contributed by atoms with E-state index in [2.05, 4.69) is 5.32 Å². The highest BCUT2D eigenvalue weighted by atomic mass is 32.1. The van der Waals surface area contributed by atoms with Crippen molar-refractivity contribution in [1.82, 2.24) is 5.32 Å². The van der Waals surface area contributed by atoms with Gasteiger partial charge in [0, 0.05) is 23.4 Å². The predicted molar refractivity (Wildman–Crippen MR) is 101 cm³/mol. The summed E-state index contributed by atoms with van der Waals surface area (Å²) in [6.45, 7) is 6.08. The molecule has 0 saturated carbocycles. The third-order valence-corrected chi connectivity index (χ3v) is 5.36. The van der Waals surface area contributed by atoms with E-state index < -0.39 is 0 Å². The van der Waals surface area contributed by atoms with Crippen LogP contribution in [0.25, 0.3) is 0 Å². The molecule has 6 heteroatoms. The third-order valence-electron chi connectivity index (χ3n) is 4.12. The summed E-state index contributed by atoms with van der Waals surface area (Å²) in [6.07, 6.45) is 1.52. The molecule has 3 rings (SSSR count). The number of carbonyl (C=O) groups excluding carboxylic acids is 2. The zero-order valence-corrected chi connectivity index (χ0v) is 16.1. The molecule has 1 N–H and O–H groups in total. The van der Waals surface area contributed by atoms with E-state index >= 15 is 0 Å². The lowest BCUT2D eigenvalue weighted by Crippen LogP contribution is -2.30. The summed E-state index contributed by atoms with van der Waals surface area (Å²) in [5.41, 5.74) is 0.857. The van der Waals surface area contributed by atoms with Gasteiger partial charge in [-0.3, -0.25) is 9.59 Å². The van der Waals surface area contributed by atoms with Gasteiger partial charge in [-0.2, -0.15) is 0 Å². The van der Waals surface area contributed by atoms with Gasteiger partial charge < -0.3 is 14.8 Å². The first-order valence-electron chi connectivity index (χ1n) is 8.64. The minimum Gasteiger partial charge on any atom is -0.483 e. The number of para-hydroxylation sites is 1. The maximum absolute atomic E-state index is 12.0. The normalized spacial score (nSPS) is 14.4. The lowest BCUT2D eigenvalue weighted by Gasteiger charge is -2.18. The number of ketones is 1. The van der Waals surface area contributed by atoms with Gasteiger partial charge in [-0.1, -0.05) is 12.1 Å². The average molecular weight is 373 g/mol. The molecule has 0 bridgehead atoms. The second-order valence-corrected chi connectivity index (χ2v) is 8.16. The summed E-state index contributed by atoms with van der Waals surface area (Å²) in [4.78, 5) is 25.1. The van der Waals surface area contributed by atoms with E-state index in [1.54, 1.807) is 6.92 Å². The maximum Gasteiger partial charge on any atom is 0.257 e. The van der Waals surface area contributed by atoms with E-state index in [1.807, 2.05) is 44.2 Å². The number of amides is 1. The van der Waals surface area contributed by atoms with Crippen LogP contribution in [0, 0.1) is 0 Å². The van der Waals surface area contributed by atoms with Crippen LogP contribution in [0.2, 0.25) is 0 Å². The third kappa shape index (κ3) is 4.43. The Morgan fingerprint density at radius 1 is 1.27 bits per heavy atom. The first kappa shape index (κ1) is 18.5. The van der Waals surface area contributed by atoms with E-state index in [-0.39, 0.29) is 23.9 Å². The number of fused-ring (bicyclic) bond motifs is 1. The molecule has 1 aliphatic heterocycles. The molecule has 0 aliphatic carbocycles. The summed E-state index contributed by atoms with van der Waals surface area (Å²) < 4.78 is 11.6. The van der Waals surface area contributed by atoms with Crippen LogP contribution in [0.15, 0.2) is 30.3 Å². The van der Waals surface area contributed by atoms with Crippen molar-refractivity contribution in [3.8, 4) is 11.5 Å². The highest BCUT2D eigenvalue weighted by Gasteiger charge is 2.32. The van der Waals surface area contributed by atoms with E-state index in [9.17, 15) is 9.59 Å². The van der Waals surface area contributed by atoms with Gasteiger partial charge in [-0.15, -0.1) is 11.3 Å². The first-order valence-corrected chi connectivity index (χ1v) is 9.46. The number of thiophene rings is 1. The molecule has 5 nitrogen and oxygen atoms in total. The van der Waals surface area contributed by atoms with E-state index in [4.69, 9.17) is 9.47 Å². The Bertz CT molecular complexity index is 825. The maximum atomic E-state index is 12.0. The molecule has 138 valence electrons. The van der Waals surface area contributed by atoms with Crippen LogP contribution >= 0.6 is 11.3 Å². The van der Waals surface area contributed by atoms with Crippen molar-refractivity contribution in [2.24, 2.45) is 0 Å².